The van der Waals surface area contributed by atoms with E-state index in [0.717, 1.165) is 51.5 Å². The maximum atomic E-state index is 12.6. The minimum atomic E-state index is 0.136. The highest BCUT2D eigenvalue weighted by Crippen LogP contribution is 2.31. The lowest BCUT2D eigenvalue weighted by molar-refractivity contribution is -0.126. The Kier molecular flexibility index (Phi) is 6.71. The summed E-state index contributed by atoms with van der Waals surface area (Å²) in [5.41, 5.74) is 1.41. The Balaban J connectivity index is 1.49. The summed E-state index contributed by atoms with van der Waals surface area (Å²) < 4.78 is 0. The van der Waals surface area contributed by atoms with Crippen molar-refractivity contribution in [1.29, 1.82) is 5.26 Å². The Hall–Kier alpha value is -2.28. The SMILES string of the molecule is N#CN1CC[C@@H](NC(=O)C2CCCC(C3=C/C=C\C=C/C=C\3)CCC2)C1. The summed E-state index contributed by atoms with van der Waals surface area (Å²) in [5, 5.41) is 12.1. The molecule has 0 unspecified atom stereocenters. The van der Waals surface area contributed by atoms with E-state index in [1.54, 1.807) is 4.90 Å². The van der Waals surface area contributed by atoms with Gasteiger partial charge in [-0.1, -0.05) is 55.4 Å². The van der Waals surface area contributed by atoms with E-state index in [9.17, 15) is 4.79 Å². The molecule has 1 saturated heterocycles. The molecule has 0 aromatic carbocycles. The van der Waals surface area contributed by atoms with E-state index in [1.165, 1.54) is 5.57 Å². The summed E-state index contributed by atoms with van der Waals surface area (Å²) in [6, 6.07) is 0.144. The molecular weight excluding hydrogens is 322 g/mol. The highest BCUT2D eigenvalue weighted by molar-refractivity contribution is 5.79. The molecule has 2 aliphatic carbocycles. The van der Waals surface area contributed by atoms with E-state index < -0.39 is 0 Å². The molecule has 0 radical (unpaired) electrons. The average molecular weight is 351 g/mol. The van der Waals surface area contributed by atoms with Gasteiger partial charge in [0.25, 0.3) is 0 Å². The van der Waals surface area contributed by atoms with Crippen LogP contribution in [0.2, 0.25) is 0 Å². The Morgan fingerprint density at radius 1 is 1.04 bits per heavy atom. The van der Waals surface area contributed by atoms with Crippen molar-refractivity contribution in [2.75, 3.05) is 13.1 Å². The van der Waals surface area contributed by atoms with Gasteiger partial charge in [0.2, 0.25) is 5.91 Å². The van der Waals surface area contributed by atoms with Gasteiger partial charge in [0.1, 0.15) is 0 Å². The number of nitrogens with zero attached hydrogens (tertiary/aromatic N) is 2. The molecule has 0 bridgehead atoms. The second-order valence-electron chi connectivity index (χ2n) is 7.59. The van der Waals surface area contributed by atoms with Crippen LogP contribution in [0.15, 0.2) is 48.1 Å². The third kappa shape index (κ3) is 5.11. The Morgan fingerprint density at radius 3 is 2.50 bits per heavy atom. The molecule has 0 aromatic rings. The molecule has 1 amide bonds. The molecule has 2 fully saturated rings. The summed E-state index contributed by atoms with van der Waals surface area (Å²) in [4.78, 5) is 14.4. The Morgan fingerprint density at radius 2 is 1.77 bits per heavy atom. The van der Waals surface area contributed by atoms with Gasteiger partial charge >= 0.3 is 0 Å². The third-order valence-electron chi connectivity index (χ3n) is 5.75. The van der Waals surface area contributed by atoms with Crippen molar-refractivity contribution in [3.8, 4) is 6.19 Å². The Labute approximate surface area is 156 Å². The van der Waals surface area contributed by atoms with Crippen LogP contribution in [0.4, 0.5) is 0 Å². The fraction of sp³-hybridized carbons (Fsp3) is 0.545. The molecule has 1 saturated carbocycles. The monoisotopic (exact) mass is 351 g/mol. The first-order valence-corrected chi connectivity index (χ1v) is 9.93. The lowest BCUT2D eigenvalue weighted by Gasteiger charge is -2.26. The van der Waals surface area contributed by atoms with Gasteiger partial charge in [-0.2, -0.15) is 5.26 Å². The molecule has 1 N–H and O–H groups in total. The summed E-state index contributed by atoms with van der Waals surface area (Å²) in [7, 11) is 0. The molecular formula is C22H29N3O. The standard InChI is InChI=1S/C22H29N3O/c23-17-25-15-14-21(16-25)24-22(26)20-12-6-10-19(11-7-13-20)18-8-4-2-1-3-5-9-18/h1-5,8-9,19-21H,6-7,10-16H2,(H,24,26)/b2-1-,3-1?,4-2?,5-3-,8-4-,9-5?,18-8?,18-9+/t19?,20?,21-/m1/s1. The van der Waals surface area contributed by atoms with Crippen LogP contribution in [0, 0.1) is 23.3 Å². The predicted octanol–water partition coefficient (Wildman–Crippen LogP) is 3.85. The zero-order valence-electron chi connectivity index (χ0n) is 15.4. The highest BCUT2D eigenvalue weighted by Gasteiger charge is 2.27. The van der Waals surface area contributed by atoms with Crippen molar-refractivity contribution in [1.82, 2.24) is 10.2 Å². The molecule has 3 aliphatic rings. The number of allylic oxidation sites excluding steroid dienone is 8. The van der Waals surface area contributed by atoms with Gasteiger partial charge in [-0.05, 0) is 43.6 Å². The van der Waals surface area contributed by atoms with Crippen molar-refractivity contribution >= 4 is 5.91 Å². The Bertz CT molecular complexity index is 643. The first-order chi connectivity index (χ1) is 12.8. The number of carbonyl (C=O) groups is 1. The van der Waals surface area contributed by atoms with Crippen LogP contribution < -0.4 is 5.32 Å². The minimum Gasteiger partial charge on any atom is -0.351 e. The van der Waals surface area contributed by atoms with E-state index in [0.29, 0.717) is 12.5 Å². The molecule has 0 spiro atoms. The first-order valence-electron chi connectivity index (χ1n) is 9.93. The van der Waals surface area contributed by atoms with E-state index in [-0.39, 0.29) is 17.9 Å². The highest BCUT2D eigenvalue weighted by atomic mass is 16.1. The smallest absolute Gasteiger partial charge is 0.223 e. The quantitative estimate of drug-likeness (QED) is 0.786. The summed E-state index contributed by atoms with van der Waals surface area (Å²) >= 11 is 0. The third-order valence-corrected chi connectivity index (χ3v) is 5.75. The van der Waals surface area contributed by atoms with Crippen LogP contribution in [0.5, 0.6) is 0 Å². The normalized spacial score (nSPS) is 34.8. The van der Waals surface area contributed by atoms with Crippen LogP contribution in [-0.4, -0.2) is 29.9 Å². The van der Waals surface area contributed by atoms with Crippen LogP contribution in [-0.2, 0) is 4.79 Å². The zero-order chi connectivity index (χ0) is 18.2. The maximum Gasteiger partial charge on any atom is 0.223 e. The topological polar surface area (TPSA) is 56.1 Å². The number of amides is 1. The van der Waals surface area contributed by atoms with Crippen molar-refractivity contribution in [3.05, 3.63) is 48.1 Å². The fourth-order valence-electron chi connectivity index (χ4n) is 4.25. The van der Waals surface area contributed by atoms with Gasteiger partial charge in [0, 0.05) is 25.0 Å². The number of hydrogen-bond acceptors (Lipinski definition) is 3. The summed E-state index contributed by atoms with van der Waals surface area (Å²) in [6.07, 6.45) is 24.4. The number of nitrogens with one attached hydrogen (secondary N) is 1. The van der Waals surface area contributed by atoms with Gasteiger partial charge in [0.05, 0.1) is 0 Å². The largest absolute Gasteiger partial charge is 0.351 e. The molecule has 1 heterocycles. The maximum absolute atomic E-state index is 12.6. The lowest BCUT2D eigenvalue weighted by atomic mass is 9.81. The van der Waals surface area contributed by atoms with Crippen molar-refractivity contribution in [3.63, 3.8) is 0 Å². The number of nitriles is 1. The molecule has 0 aromatic heterocycles. The zero-order valence-corrected chi connectivity index (χ0v) is 15.4. The van der Waals surface area contributed by atoms with Gasteiger partial charge in [-0.25, -0.2) is 0 Å². The fourth-order valence-corrected chi connectivity index (χ4v) is 4.25. The number of carbonyl (C=O) groups excluding carboxylic acids is 1. The second-order valence-corrected chi connectivity index (χ2v) is 7.59. The molecule has 4 nitrogen and oxygen atoms in total. The molecule has 4 heteroatoms. The molecule has 138 valence electrons. The van der Waals surface area contributed by atoms with Crippen LogP contribution in [0.25, 0.3) is 0 Å². The van der Waals surface area contributed by atoms with E-state index in [2.05, 4.69) is 48.0 Å². The van der Waals surface area contributed by atoms with E-state index >= 15 is 0 Å². The van der Waals surface area contributed by atoms with E-state index in [1.807, 2.05) is 6.08 Å². The van der Waals surface area contributed by atoms with Crippen molar-refractivity contribution in [2.24, 2.45) is 11.8 Å². The van der Waals surface area contributed by atoms with Crippen molar-refractivity contribution < 1.29 is 4.79 Å². The van der Waals surface area contributed by atoms with Crippen LogP contribution in [0.3, 0.4) is 0 Å². The van der Waals surface area contributed by atoms with Crippen molar-refractivity contribution in [2.45, 2.75) is 51.0 Å². The van der Waals surface area contributed by atoms with Gasteiger partial charge in [0.15, 0.2) is 6.19 Å². The van der Waals surface area contributed by atoms with Gasteiger partial charge < -0.3 is 10.2 Å². The number of hydrogen-bond donors (Lipinski definition) is 1. The summed E-state index contributed by atoms with van der Waals surface area (Å²) in [5.74, 6) is 0.938. The molecule has 1 atom stereocenters. The average Bonchev–Trinajstić information content (AvgIpc) is 3.03. The molecule has 1 aliphatic heterocycles. The van der Waals surface area contributed by atoms with E-state index in [4.69, 9.17) is 5.26 Å². The first kappa shape index (κ1) is 18.5. The lowest BCUT2D eigenvalue weighted by Crippen LogP contribution is -2.40. The minimum absolute atomic E-state index is 0.136. The number of rotatable bonds is 3. The molecule has 3 rings (SSSR count). The van der Waals surface area contributed by atoms with Gasteiger partial charge in [-0.15, -0.1) is 0 Å². The predicted molar refractivity (Wildman–Crippen MR) is 104 cm³/mol. The van der Waals surface area contributed by atoms with Gasteiger partial charge in [-0.3, -0.25) is 4.79 Å². The number of likely N-dealkylation sites (tertiary alicyclic amines) is 1. The van der Waals surface area contributed by atoms with Crippen LogP contribution in [0.1, 0.15) is 44.9 Å². The van der Waals surface area contributed by atoms with Crippen LogP contribution >= 0.6 is 0 Å². The summed E-state index contributed by atoms with van der Waals surface area (Å²) in [6.45, 7) is 1.43. The second kappa shape index (κ2) is 9.43. The molecule has 26 heavy (non-hydrogen) atoms.